The maximum Gasteiger partial charge on any atom is 0.191 e. The van der Waals surface area contributed by atoms with Crippen LogP contribution in [0.15, 0.2) is 36.4 Å². The highest BCUT2D eigenvalue weighted by molar-refractivity contribution is 7.80. The van der Waals surface area contributed by atoms with Crippen LogP contribution in [-0.2, 0) is 0 Å². The second-order valence-corrected chi connectivity index (χ2v) is 7.71. The van der Waals surface area contributed by atoms with Gasteiger partial charge in [0.2, 0.25) is 0 Å². The van der Waals surface area contributed by atoms with E-state index in [2.05, 4.69) is 62.2 Å². The zero-order valence-electron chi connectivity index (χ0n) is 15.8. The highest BCUT2D eigenvalue weighted by Gasteiger charge is 2.54. The van der Waals surface area contributed by atoms with Gasteiger partial charge in [-0.25, -0.2) is 0 Å². The summed E-state index contributed by atoms with van der Waals surface area (Å²) in [5, 5.41) is 4.25. The van der Waals surface area contributed by atoms with Gasteiger partial charge in [0, 0.05) is 11.5 Å². The van der Waals surface area contributed by atoms with Crippen LogP contribution in [0.5, 0.6) is 11.5 Å². The fourth-order valence-electron chi connectivity index (χ4n) is 4.26. The molecular weight excluding hydrogens is 344 g/mol. The molecule has 0 amide bonds. The van der Waals surface area contributed by atoms with E-state index < -0.39 is 5.72 Å². The van der Waals surface area contributed by atoms with E-state index in [1.807, 2.05) is 12.1 Å². The van der Waals surface area contributed by atoms with Crippen molar-refractivity contribution in [3.8, 4) is 11.5 Å². The zero-order valence-corrected chi connectivity index (χ0v) is 16.6. The molecule has 0 aliphatic carbocycles. The van der Waals surface area contributed by atoms with Crippen molar-refractivity contribution in [2.75, 3.05) is 12.0 Å². The number of nitrogens with zero attached hydrogens (tertiary/aromatic N) is 1. The average Bonchev–Trinajstić information content (AvgIpc) is 2.60. The van der Waals surface area contributed by atoms with E-state index in [1.54, 1.807) is 7.11 Å². The summed E-state index contributed by atoms with van der Waals surface area (Å²) >= 11 is 5.80. The molecule has 2 aliphatic heterocycles. The van der Waals surface area contributed by atoms with Crippen molar-refractivity contribution < 1.29 is 9.47 Å². The van der Waals surface area contributed by atoms with Gasteiger partial charge in [-0.3, -0.25) is 4.90 Å². The SMILES string of the molecule is COc1cccc2c1O[C@@]1(C)[C@H](C)[C@H]2NC(=S)N1c1c(C)cccc1C. The number of nitrogens with one attached hydrogen (secondary N) is 1. The summed E-state index contributed by atoms with van der Waals surface area (Å²) in [5.74, 6) is 1.74. The average molecular weight is 369 g/mol. The normalized spacial score (nSPS) is 26.7. The largest absolute Gasteiger partial charge is 0.493 e. The Morgan fingerprint density at radius 1 is 1.15 bits per heavy atom. The lowest BCUT2D eigenvalue weighted by atomic mass is 9.80. The van der Waals surface area contributed by atoms with E-state index in [4.69, 9.17) is 21.7 Å². The van der Waals surface area contributed by atoms with Gasteiger partial charge in [-0.2, -0.15) is 0 Å². The highest BCUT2D eigenvalue weighted by Crippen LogP contribution is 2.52. The Bertz CT molecular complexity index is 877. The molecule has 0 saturated carbocycles. The van der Waals surface area contributed by atoms with Crippen LogP contribution >= 0.6 is 12.2 Å². The first-order chi connectivity index (χ1) is 12.4. The highest BCUT2D eigenvalue weighted by atomic mass is 32.1. The zero-order chi connectivity index (χ0) is 18.6. The van der Waals surface area contributed by atoms with Crippen LogP contribution < -0.4 is 19.7 Å². The van der Waals surface area contributed by atoms with E-state index in [0.29, 0.717) is 5.11 Å². The van der Waals surface area contributed by atoms with Crippen molar-refractivity contribution in [1.29, 1.82) is 0 Å². The van der Waals surface area contributed by atoms with Gasteiger partial charge in [-0.1, -0.05) is 37.3 Å². The molecule has 26 heavy (non-hydrogen) atoms. The third kappa shape index (κ3) is 2.23. The van der Waals surface area contributed by atoms with Gasteiger partial charge in [-0.05, 0) is 50.2 Å². The molecule has 2 heterocycles. The van der Waals surface area contributed by atoms with Gasteiger partial charge in [0.1, 0.15) is 0 Å². The molecule has 2 aliphatic rings. The lowest BCUT2D eigenvalue weighted by Gasteiger charge is -2.56. The van der Waals surface area contributed by atoms with Crippen molar-refractivity contribution in [2.24, 2.45) is 5.92 Å². The predicted octanol–water partition coefficient (Wildman–Crippen LogP) is 4.49. The number of hydrogen-bond donors (Lipinski definition) is 1. The van der Waals surface area contributed by atoms with Crippen LogP contribution in [0, 0.1) is 19.8 Å². The lowest BCUT2D eigenvalue weighted by molar-refractivity contribution is -0.00561. The second-order valence-electron chi connectivity index (χ2n) is 7.33. The third-order valence-corrected chi connectivity index (χ3v) is 6.11. The molecular formula is C21H24N2O2S. The minimum atomic E-state index is -0.606. The summed E-state index contributed by atoms with van der Waals surface area (Å²) in [6, 6.07) is 12.4. The molecule has 4 nitrogen and oxygen atoms in total. The van der Waals surface area contributed by atoms with Crippen LogP contribution in [0.4, 0.5) is 5.69 Å². The minimum Gasteiger partial charge on any atom is -0.493 e. The number of thiocarbonyl (C=S) groups is 1. The number of hydrogen-bond acceptors (Lipinski definition) is 3. The molecule has 1 saturated heterocycles. The molecule has 1 N–H and O–H groups in total. The number of methoxy groups -OCH3 is 1. The van der Waals surface area contributed by atoms with Crippen LogP contribution in [-0.4, -0.2) is 17.9 Å². The molecule has 1 fully saturated rings. The number of benzene rings is 2. The molecule has 136 valence electrons. The first-order valence-electron chi connectivity index (χ1n) is 8.91. The first-order valence-corrected chi connectivity index (χ1v) is 9.32. The molecule has 2 aromatic carbocycles. The number of anilines is 1. The minimum absolute atomic E-state index is 0.0897. The van der Waals surface area contributed by atoms with Gasteiger partial charge >= 0.3 is 0 Å². The van der Waals surface area contributed by atoms with Crippen molar-refractivity contribution in [2.45, 2.75) is 39.5 Å². The molecule has 0 unspecified atom stereocenters. The molecule has 0 spiro atoms. The summed E-state index contributed by atoms with van der Waals surface area (Å²) in [4.78, 5) is 2.14. The van der Waals surface area contributed by atoms with E-state index in [-0.39, 0.29) is 12.0 Å². The third-order valence-electron chi connectivity index (χ3n) is 5.81. The molecule has 0 aromatic heterocycles. The Morgan fingerprint density at radius 3 is 2.46 bits per heavy atom. The maximum absolute atomic E-state index is 6.65. The van der Waals surface area contributed by atoms with Crippen LogP contribution in [0.3, 0.4) is 0 Å². The van der Waals surface area contributed by atoms with Crippen LogP contribution in [0.2, 0.25) is 0 Å². The smallest absolute Gasteiger partial charge is 0.191 e. The van der Waals surface area contributed by atoms with Gasteiger partial charge in [0.05, 0.1) is 18.8 Å². The molecule has 2 bridgehead atoms. The number of para-hydroxylation sites is 2. The van der Waals surface area contributed by atoms with Crippen LogP contribution in [0.25, 0.3) is 0 Å². The van der Waals surface area contributed by atoms with Crippen molar-refractivity contribution >= 4 is 23.0 Å². The number of rotatable bonds is 2. The number of aryl methyl sites for hydroxylation is 2. The van der Waals surface area contributed by atoms with Gasteiger partial charge in [-0.15, -0.1) is 0 Å². The van der Waals surface area contributed by atoms with E-state index in [0.717, 1.165) is 22.7 Å². The Hall–Kier alpha value is -2.27. The van der Waals surface area contributed by atoms with Gasteiger partial charge < -0.3 is 14.8 Å². The standard InChI is InChI=1S/C21H24N2O2S/c1-12-8-6-9-13(2)18(12)23-20(26)22-17-14(3)21(23,4)25-19-15(17)10-7-11-16(19)24-5/h6-11,14,17H,1-5H3,(H,22,26)/t14-,17-,21+/m1/s1. The monoisotopic (exact) mass is 368 g/mol. The summed E-state index contributed by atoms with van der Waals surface area (Å²) in [5.41, 5.74) is 3.95. The summed E-state index contributed by atoms with van der Waals surface area (Å²) in [6.45, 7) is 8.56. The van der Waals surface area contributed by atoms with Gasteiger partial charge in [0.25, 0.3) is 0 Å². The molecule has 5 heteroatoms. The number of ether oxygens (including phenoxy) is 2. The first kappa shape index (κ1) is 17.2. The Morgan fingerprint density at radius 2 is 1.81 bits per heavy atom. The lowest BCUT2D eigenvalue weighted by Crippen LogP contribution is -2.69. The van der Waals surface area contributed by atoms with Crippen LogP contribution in [0.1, 0.15) is 36.6 Å². The topological polar surface area (TPSA) is 33.7 Å². The molecule has 3 atom stereocenters. The van der Waals surface area contributed by atoms with Gasteiger partial charge in [0.15, 0.2) is 22.3 Å². The van der Waals surface area contributed by atoms with Crippen molar-refractivity contribution in [3.63, 3.8) is 0 Å². The fraction of sp³-hybridized carbons (Fsp3) is 0.381. The summed E-state index contributed by atoms with van der Waals surface area (Å²) in [7, 11) is 1.68. The molecule has 2 aromatic rings. The van der Waals surface area contributed by atoms with Crippen molar-refractivity contribution in [1.82, 2.24) is 5.32 Å². The predicted molar refractivity (Wildman–Crippen MR) is 108 cm³/mol. The second kappa shape index (κ2) is 5.88. The Balaban J connectivity index is 1.92. The van der Waals surface area contributed by atoms with Crippen molar-refractivity contribution in [3.05, 3.63) is 53.1 Å². The summed E-state index contributed by atoms with van der Waals surface area (Å²) in [6.07, 6.45) is 0. The number of fused-ring (bicyclic) bond motifs is 4. The van der Waals surface area contributed by atoms with E-state index in [9.17, 15) is 0 Å². The Labute approximate surface area is 160 Å². The quantitative estimate of drug-likeness (QED) is 0.790. The Kier molecular flexibility index (Phi) is 3.88. The molecule has 4 rings (SSSR count). The van der Waals surface area contributed by atoms with E-state index in [1.165, 1.54) is 11.1 Å². The summed E-state index contributed by atoms with van der Waals surface area (Å²) < 4.78 is 12.2. The molecule has 0 radical (unpaired) electrons. The maximum atomic E-state index is 6.65. The van der Waals surface area contributed by atoms with E-state index >= 15 is 0 Å². The fourth-order valence-corrected chi connectivity index (χ4v) is 4.66.